The number of nitrogens with zero attached hydrogens (tertiary/aromatic N) is 3. The lowest BCUT2D eigenvalue weighted by Gasteiger charge is -2.37. The smallest absolute Gasteiger partial charge is 0.264 e. The third-order valence-electron chi connectivity index (χ3n) is 5.55. The zero-order valence-corrected chi connectivity index (χ0v) is 18.6. The van der Waals surface area contributed by atoms with Gasteiger partial charge < -0.3 is 9.80 Å². The van der Waals surface area contributed by atoms with Crippen molar-refractivity contribution in [3.8, 4) is 0 Å². The zero-order chi connectivity index (χ0) is 23.4. The molecule has 3 aromatic rings. The minimum absolute atomic E-state index is 0.0957. The molecule has 0 N–H and O–H groups in total. The molecule has 0 radical (unpaired) electrons. The molecule has 1 fully saturated rings. The Morgan fingerprint density at radius 1 is 0.788 bits per heavy atom. The molecule has 0 aliphatic carbocycles. The van der Waals surface area contributed by atoms with Gasteiger partial charge in [0.25, 0.3) is 10.0 Å². The summed E-state index contributed by atoms with van der Waals surface area (Å²) in [5.74, 6) is -1.19. The van der Waals surface area contributed by atoms with Crippen molar-refractivity contribution in [3.63, 3.8) is 0 Å². The molecule has 1 heterocycles. The van der Waals surface area contributed by atoms with E-state index in [0.717, 1.165) is 22.1 Å². The van der Waals surface area contributed by atoms with Crippen LogP contribution in [0.4, 0.5) is 20.2 Å². The summed E-state index contributed by atoms with van der Waals surface area (Å²) < 4.78 is 54.2. The average molecular weight is 472 g/mol. The number of hydrogen-bond acceptors (Lipinski definition) is 4. The molecule has 0 unspecified atom stereocenters. The van der Waals surface area contributed by atoms with Crippen LogP contribution in [0.15, 0.2) is 83.8 Å². The van der Waals surface area contributed by atoms with Crippen molar-refractivity contribution in [1.29, 1.82) is 0 Å². The normalized spacial score (nSPS) is 14.2. The lowest BCUT2D eigenvalue weighted by atomic mass is 10.2. The number of anilines is 2. The first kappa shape index (κ1) is 22.7. The van der Waals surface area contributed by atoms with Gasteiger partial charge in [-0.05, 0) is 60.7 Å². The van der Waals surface area contributed by atoms with Crippen molar-refractivity contribution in [1.82, 2.24) is 4.90 Å². The molecule has 9 heteroatoms. The summed E-state index contributed by atoms with van der Waals surface area (Å²) >= 11 is 0. The minimum atomic E-state index is -4.09. The molecule has 3 aromatic carbocycles. The Morgan fingerprint density at radius 3 is 1.91 bits per heavy atom. The monoisotopic (exact) mass is 471 g/mol. The van der Waals surface area contributed by atoms with E-state index in [-0.39, 0.29) is 23.2 Å². The molecular weight excluding hydrogens is 448 g/mol. The predicted molar refractivity (Wildman–Crippen MR) is 123 cm³/mol. The van der Waals surface area contributed by atoms with Gasteiger partial charge in [0.2, 0.25) is 5.91 Å². The summed E-state index contributed by atoms with van der Waals surface area (Å²) in [7, 11) is -4.09. The van der Waals surface area contributed by atoms with Gasteiger partial charge in [-0.25, -0.2) is 17.2 Å². The first-order valence-electron chi connectivity index (χ1n) is 10.5. The highest BCUT2D eigenvalue weighted by Crippen LogP contribution is 2.24. The topological polar surface area (TPSA) is 60.9 Å². The van der Waals surface area contributed by atoms with Gasteiger partial charge in [0.05, 0.1) is 10.6 Å². The highest BCUT2D eigenvalue weighted by Gasteiger charge is 2.30. The number of sulfonamides is 1. The third-order valence-corrected chi connectivity index (χ3v) is 7.34. The number of rotatable bonds is 6. The number of benzene rings is 3. The fraction of sp³-hybridized carbons (Fsp3) is 0.208. The predicted octanol–water partition coefficient (Wildman–Crippen LogP) is 3.51. The summed E-state index contributed by atoms with van der Waals surface area (Å²) in [5, 5.41) is 0. The number of para-hydroxylation sites is 1. The van der Waals surface area contributed by atoms with Crippen LogP contribution in [0.5, 0.6) is 0 Å². The van der Waals surface area contributed by atoms with Crippen molar-refractivity contribution in [2.75, 3.05) is 41.9 Å². The van der Waals surface area contributed by atoms with Gasteiger partial charge in [-0.2, -0.15) is 0 Å². The van der Waals surface area contributed by atoms with Gasteiger partial charge in [-0.15, -0.1) is 0 Å². The Labute approximate surface area is 191 Å². The summed E-state index contributed by atoms with van der Waals surface area (Å²) in [6, 6.07) is 19.1. The molecule has 0 bridgehead atoms. The molecule has 172 valence electrons. The fourth-order valence-corrected chi connectivity index (χ4v) is 5.15. The molecule has 1 saturated heterocycles. The summed E-state index contributed by atoms with van der Waals surface area (Å²) in [4.78, 5) is 16.7. The number of hydrogen-bond donors (Lipinski definition) is 0. The van der Waals surface area contributed by atoms with Crippen LogP contribution < -0.4 is 9.21 Å². The Kier molecular flexibility index (Phi) is 6.60. The van der Waals surface area contributed by atoms with Gasteiger partial charge in [0.15, 0.2) is 0 Å². The molecule has 1 aliphatic rings. The second-order valence-corrected chi connectivity index (χ2v) is 9.51. The van der Waals surface area contributed by atoms with Crippen molar-refractivity contribution in [2.24, 2.45) is 0 Å². The second-order valence-electron chi connectivity index (χ2n) is 7.65. The number of halogens is 2. The first-order chi connectivity index (χ1) is 15.8. The van der Waals surface area contributed by atoms with Crippen LogP contribution in [0.25, 0.3) is 0 Å². The fourth-order valence-electron chi connectivity index (χ4n) is 3.73. The van der Waals surface area contributed by atoms with Crippen LogP contribution in [0.1, 0.15) is 0 Å². The Hall–Kier alpha value is -3.46. The Morgan fingerprint density at radius 2 is 1.33 bits per heavy atom. The molecule has 0 atom stereocenters. The van der Waals surface area contributed by atoms with E-state index >= 15 is 0 Å². The van der Waals surface area contributed by atoms with Gasteiger partial charge in [-0.1, -0.05) is 18.2 Å². The highest BCUT2D eigenvalue weighted by atomic mass is 32.2. The molecule has 0 aromatic heterocycles. The van der Waals surface area contributed by atoms with E-state index in [0.29, 0.717) is 31.9 Å². The molecule has 0 saturated carbocycles. The highest BCUT2D eigenvalue weighted by molar-refractivity contribution is 7.92. The van der Waals surface area contributed by atoms with E-state index in [1.165, 1.54) is 24.3 Å². The summed E-state index contributed by atoms with van der Waals surface area (Å²) in [6.07, 6.45) is 0. The van der Waals surface area contributed by atoms with Crippen LogP contribution in [0.2, 0.25) is 0 Å². The SMILES string of the molecule is O=C(CN(c1ccccc1)S(=O)(=O)c1ccc(F)cc1)N1CCN(c2ccc(F)cc2)CC1. The standard InChI is InChI=1S/C24H23F2N3O3S/c25-19-6-10-21(11-7-19)27-14-16-28(17-15-27)24(30)18-29(22-4-2-1-3-5-22)33(31,32)23-12-8-20(26)9-13-23/h1-13H,14-18H2. The second kappa shape index (κ2) is 9.58. The van der Waals surface area contributed by atoms with Crippen LogP contribution >= 0.6 is 0 Å². The van der Waals surface area contributed by atoms with E-state index in [1.807, 2.05) is 4.90 Å². The molecular formula is C24H23F2N3O3S. The number of amides is 1. The van der Waals surface area contributed by atoms with E-state index < -0.39 is 15.8 Å². The molecule has 0 spiro atoms. The average Bonchev–Trinajstić information content (AvgIpc) is 2.84. The number of carbonyl (C=O) groups is 1. The molecule has 6 nitrogen and oxygen atoms in total. The van der Waals surface area contributed by atoms with Gasteiger partial charge in [-0.3, -0.25) is 9.10 Å². The van der Waals surface area contributed by atoms with Crippen LogP contribution in [-0.2, 0) is 14.8 Å². The first-order valence-corrected chi connectivity index (χ1v) is 11.9. The molecule has 33 heavy (non-hydrogen) atoms. The largest absolute Gasteiger partial charge is 0.368 e. The van der Waals surface area contributed by atoms with Crippen LogP contribution in [0.3, 0.4) is 0 Å². The quantitative estimate of drug-likeness (QED) is 0.552. The number of piperazine rings is 1. The van der Waals surface area contributed by atoms with Gasteiger partial charge >= 0.3 is 0 Å². The molecule has 4 rings (SSSR count). The summed E-state index contributed by atoms with van der Waals surface area (Å²) in [5.41, 5.74) is 1.22. The van der Waals surface area contributed by atoms with Crippen LogP contribution in [-0.4, -0.2) is 51.9 Å². The van der Waals surface area contributed by atoms with E-state index in [2.05, 4.69) is 0 Å². The van der Waals surface area contributed by atoms with Crippen molar-refractivity contribution in [3.05, 3.63) is 90.5 Å². The zero-order valence-electron chi connectivity index (χ0n) is 17.8. The van der Waals surface area contributed by atoms with Crippen molar-refractivity contribution >= 4 is 27.3 Å². The van der Waals surface area contributed by atoms with Crippen LogP contribution in [0, 0.1) is 11.6 Å². The Balaban J connectivity index is 1.50. The summed E-state index contributed by atoms with van der Waals surface area (Å²) in [6.45, 7) is 1.55. The van der Waals surface area contributed by atoms with Crippen molar-refractivity contribution < 1.29 is 22.0 Å². The lowest BCUT2D eigenvalue weighted by Crippen LogP contribution is -2.52. The number of carbonyl (C=O) groups excluding carboxylic acids is 1. The maximum Gasteiger partial charge on any atom is 0.264 e. The maximum absolute atomic E-state index is 13.3. The van der Waals surface area contributed by atoms with Gasteiger partial charge in [0.1, 0.15) is 18.2 Å². The van der Waals surface area contributed by atoms with E-state index in [4.69, 9.17) is 0 Å². The Bertz CT molecular complexity index is 1200. The minimum Gasteiger partial charge on any atom is -0.368 e. The van der Waals surface area contributed by atoms with Gasteiger partial charge in [0, 0.05) is 31.9 Å². The molecule has 1 amide bonds. The lowest BCUT2D eigenvalue weighted by molar-refractivity contribution is -0.129. The van der Waals surface area contributed by atoms with Crippen molar-refractivity contribution in [2.45, 2.75) is 4.90 Å². The van der Waals surface area contributed by atoms with E-state index in [9.17, 15) is 22.0 Å². The maximum atomic E-state index is 13.3. The van der Waals surface area contributed by atoms with E-state index in [1.54, 1.807) is 47.4 Å². The third kappa shape index (κ3) is 5.14. The molecule has 1 aliphatic heterocycles.